The number of hydrogen-bond acceptors (Lipinski definition) is 14. The van der Waals surface area contributed by atoms with E-state index in [9.17, 15) is 30.2 Å². The second-order valence-corrected chi connectivity index (χ2v) is 17.7. The number of oxime groups is 1. The van der Waals surface area contributed by atoms with Gasteiger partial charge in [-0.05, 0) is 109 Å². The van der Waals surface area contributed by atoms with Gasteiger partial charge in [-0.25, -0.2) is 0 Å². The predicted octanol–water partition coefficient (Wildman–Crippen LogP) is 8.59. The number of non-ortho nitro benzene ring substituents is 1. The van der Waals surface area contributed by atoms with Crippen LogP contribution in [-0.2, 0) is 25.7 Å². The summed E-state index contributed by atoms with van der Waals surface area (Å²) in [6.07, 6.45) is 11.8. The summed E-state index contributed by atoms with van der Waals surface area (Å²) in [5, 5.41) is 46.1. The maximum Gasteiger partial charge on any atom is 0.269 e. The number of fused-ring (bicyclic) bond motifs is 2. The van der Waals surface area contributed by atoms with Crippen LogP contribution in [0.3, 0.4) is 0 Å². The standard InChI is InChI=1S/C55H63N3O13/c1-3-29-68-55-51(57(25-30-67-31-28-61)52(63)24-17-38-15-18-42(19-16-38)58(64)65)35-48(56-69-37-39-11-5-4-6-12-39)46-33-40(13-7-9-26-59)45(14-8-10-27-60)53(54(46)55)47-34-44(21-23-50(47)71-55)70-43-20-22-49(66-2)41(32-43)36-62/h3-6,11-12,15-24,32-34,36,40,45,51,53-54,59-61H,1,7-10,13-14,25-31,35,37H2,2H3. The molecule has 71 heavy (non-hydrogen) atoms. The van der Waals surface area contributed by atoms with E-state index in [1.54, 1.807) is 53.5 Å². The first-order chi connectivity index (χ1) is 34.7. The minimum absolute atomic E-state index is 0.0201. The van der Waals surface area contributed by atoms with Gasteiger partial charge in [0.1, 0.15) is 35.6 Å². The molecule has 0 radical (unpaired) electrons. The van der Waals surface area contributed by atoms with Gasteiger partial charge in [0.15, 0.2) is 6.29 Å². The minimum atomic E-state index is -1.59. The summed E-state index contributed by atoms with van der Waals surface area (Å²) in [7, 11) is 1.49. The fraction of sp³-hybridized carbons (Fsp3) is 0.400. The molecule has 0 aromatic heterocycles. The van der Waals surface area contributed by atoms with Crippen molar-refractivity contribution in [3.05, 3.63) is 154 Å². The van der Waals surface area contributed by atoms with E-state index in [-0.39, 0.29) is 82.7 Å². The van der Waals surface area contributed by atoms with E-state index in [1.165, 1.54) is 25.3 Å². The van der Waals surface area contributed by atoms with Gasteiger partial charge in [-0.3, -0.25) is 19.7 Å². The summed E-state index contributed by atoms with van der Waals surface area (Å²) in [5.41, 5.74) is 3.96. The monoisotopic (exact) mass is 973 g/mol. The van der Waals surface area contributed by atoms with Crippen molar-refractivity contribution < 1.29 is 58.4 Å². The van der Waals surface area contributed by atoms with E-state index in [1.807, 2.05) is 42.5 Å². The summed E-state index contributed by atoms with van der Waals surface area (Å²) >= 11 is 0. The zero-order chi connectivity index (χ0) is 50.2. The number of unbranched alkanes of at least 4 members (excludes halogenated alkanes) is 2. The lowest BCUT2D eigenvalue weighted by Gasteiger charge is -2.60. The number of hydrogen-bond donors (Lipinski definition) is 3. The van der Waals surface area contributed by atoms with E-state index in [0.29, 0.717) is 71.8 Å². The number of aliphatic hydroxyl groups is 3. The third-order valence-corrected chi connectivity index (χ3v) is 13.4. The third-order valence-electron chi connectivity index (χ3n) is 13.4. The summed E-state index contributed by atoms with van der Waals surface area (Å²) < 4.78 is 32.2. The Hall–Kier alpha value is -6.69. The summed E-state index contributed by atoms with van der Waals surface area (Å²) in [5.74, 6) is -1.32. The summed E-state index contributed by atoms with van der Waals surface area (Å²) in [6.45, 7) is 4.19. The van der Waals surface area contributed by atoms with Crippen LogP contribution in [0, 0.1) is 27.9 Å². The van der Waals surface area contributed by atoms with Crippen LogP contribution in [-0.4, -0.2) is 108 Å². The highest BCUT2D eigenvalue weighted by Crippen LogP contribution is 2.62. The molecule has 16 nitrogen and oxygen atoms in total. The summed E-state index contributed by atoms with van der Waals surface area (Å²) in [6, 6.07) is 25.2. The van der Waals surface area contributed by atoms with Crippen molar-refractivity contribution in [1.29, 1.82) is 0 Å². The zero-order valence-electron chi connectivity index (χ0n) is 40.0. The van der Waals surface area contributed by atoms with Gasteiger partial charge in [-0.2, -0.15) is 0 Å². The van der Waals surface area contributed by atoms with Crippen LogP contribution in [0.4, 0.5) is 5.69 Å². The minimum Gasteiger partial charge on any atom is -0.496 e. The molecule has 1 fully saturated rings. The molecule has 1 amide bonds. The number of aldehydes is 1. The van der Waals surface area contributed by atoms with Crippen molar-refractivity contribution >= 4 is 29.7 Å². The van der Waals surface area contributed by atoms with E-state index in [2.05, 4.69) is 12.7 Å². The predicted molar refractivity (Wildman–Crippen MR) is 266 cm³/mol. The lowest BCUT2D eigenvalue weighted by Crippen LogP contribution is -2.70. The third kappa shape index (κ3) is 12.4. The Bertz CT molecular complexity index is 2530. The molecule has 3 N–H and O–H groups in total. The summed E-state index contributed by atoms with van der Waals surface area (Å²) in [4.78, 5) is 45.8. The Labute approximate surface area is 413 Å². The van der Waals surface area contributed by atoms with E-state index in [4.69, 9.17) is 33.7 Å². The Morgan fingerprint density at radius 1 is 0.944 bits per heavy atom. The number of carbonyl (C=O) groups excluding carboxylic acids is 2. The molecule has 6 unspecified atom stereocenters. The van der Waals surface area contributed by atoms with Crippen molar-refractivity contribution in [3.8, 4) is 23.0 Å². The number of allylic oxidation sites excluding steroid dienone is 1. The molecule has 1 aliphatic heterocycles. The molecule has 2 aliphatic carbocycles. The molecule has 0 saturated heterocycles. The number of amides is 1. The molecule has 0 spiro atoms. The van der Waals surface area contributed by atoms with Crippen LogP contribution < -0.4 is 14.2 Å². The first kappa shape index (κ1) is 52.1. The molecule has 3 aliphatic rings. The molecule has 4 aromatic rings. The first-order valence-corrected chi connectivity index (χ1v) is 24.2. The molecule has 1 heterocycles. The van der Waals surface area contributed by atoms with Crippen LogP contribution in [0.5, 0.6) is 23.0 Å². The Balaban J connectivity index is 1.43. The number of methoxy groups -OCH3 is 1. The molecule has 0 bridgehead atoms. The van der Waals surface area contributed by atoms with Gasteiger partial charge in [0.2, 0.25) is 11.7 Å². The van der Waals surface area contributed by atoms with Gasteiger partial charge >= 0.3 is 0 Å². The smallest absolute Gasteiger partial charge is 0.269 e. The SMILES string of the molecule is C=CCOC12Oc3ccc(Oc4ccc(OC)c(C=O)c4)cc3C3C(CCCCO)C(CCCCO)C=C(C(=NOCc4ccccc4)CC1N(CCOCCO)C(=O)C=Cc1ccc([N+](=O)[O-])cc1)C32. The van der Waals surface area contributed by atoms with Crippen LogP contribution >= 0.6 is 0 Å². The van der Waals surface area contributed by atoms with E-state index < -0.39 is 28.6 Å². The molecular formula is C55H63N3O13. The fourth-order valence-corrected chi connectivity index (χ4v) is 10.2. The van der Waals surface area contributed by atoms with E-state index in [0.717, 1.165) is 29.5 Å². The largest absolute Gasteiger partial charge is 0.496 e. The molecule has 376 valence electrons. The lowest BCUT2D eigenvalue weighted by molar-refractivity contribution is -0.384. The van der Waals surface area contributed by atoms with Crippen LogP contribution in [0.15, 0.2) is 127 Å². The Morgan fingerprint density at radius 2 is 1.69 bits per heavy atom. The molecular weight excluding hydrogens is 911 g/mol. The normalized spacial score (nSPS) is 21.6. The van der Waals surface area contributed by atoms with Crippen molar-refractivity contribution in [1.82, 2.24) is 4.90 Å². The van der Waals surface area contributed by atoms with Crippen molar-refractivity contribution in [3.63, 3.8) is 0 Å². The van der Waals surface area contributed by atoms with Crippen molar-refractivity contribution in [2.75, 3.05) is 53.3 Å². The lowest BCUT2D eigenvalue weighted by atomic mass is 9.55. The van der Waals surface area contributed by atoms with Crippen LogP contribution in [0.25, 0.3) is 6.08 Å². The zero-order valence-corrected chi connectivity index (χ0v) is 40.0. The highest BCUT2D eigenvalue weighted by Gasteiger charge is 2.65. The van der Waals surface area contributed by atoms with Gasteiger partial charge in [0, 0.05) is 55.9 Å². The Kier molecular flexibility index (Phi) is 18.7. The van der Waals surface area contributed by atoms with Gasteiger partial charge in [-0.15, -0.1) is 6.58 Å². The Morgan fingerprint density at radius 3 is 2.39 bits per heavy atom. The number of nitro groups is 1. The molecule has 6 atom stereocenters. The second-order valence-electron chi connectivity index (χ2n) is 17.7. The maximum atomic E-state index is 15.0. The van der Waals surface area contributed by atoms with Gasteiger partial charge in [0.05, 0.1) is 55.7 Å². The molecule has 16 heteroatoms. The highest BCUT2D eigenvalue weighted by molar-refractivity contribution is 6.03. The van der Waals surface area contributed by atoms with Crippen molar-refractivity contribution in [2.24, 2.45) is 22.9 Å². The molecule has 7 rings (SSSR count). The van der Waals surface area contributed by atoms with Crippen molar-refractivity contribution in [2.45, 2.75) is 69.3 Å². The number of benzene rings is 4. The highest BCUT2D eigenvalue weighted by atomic mass is 16.7. The van der Waals surface area contributed by atoms with Crippen LogP contribution in [0.2, 0.25) is 0 Å². The maximum absolute atomic E-state index is 15.0. The average molecular weight is 974 g/mol. The number of ether oxygens (including phenoxy) is 5. The first-order valence-electron chi connectivity index (χ1n) is 24.2. The number of rotatable bonds is 27. The number of nitrogens with zero attached hydrogens (tertiary/aromatic N) is 3. The number of aliphatic hydroxyl groups excluding tert-OH is 3. The van der Waals surface area contributed by atoms with Crippen LogP contribution in [0.1, 0.15) is 77.9 Å². The van der Waals surface area contributed by atoms with Gasteiger partial charge < -0.3 is 48.7 Å². The topological polar surface area (TPSA) is 209 Å². The quantitative estimate of drug-likeness (QED) is 0.0128. The fourth-order valence-electron chi connectivity index (χ4n) is 10.2. The van der Waals surface area contributed by atoms with Gasteiger partial charge in [-0.1, -0.05) is 60.5 Å². The number of nitro benzene ring substituents is 1. The molecule has 4 aromatic carbocycles. The van der Waals surface area contributed by atoms with E-state index >= 15 is 4.79 Å². The number of carbonyl (C=O) groups is 2. The van der Waals surface area contributed by atoms with Gasteiger partial charge in [0.25, 0.3) is 5.69 Å². The molecule has 1 saturated carbocycles. The second kappa shape index (κ2) is 25.4. The average Bonchev–Trinajstić information content (AvgIpc) is 3.39.